The molecule has 0 atom stereocenters. The van der Waals surface area contributed by atoms with Crippen LogP contribution in [-0.4, -0.2) is 21.3 Å². The number of anilines is 1. The summed E-state index contributed by atoms with van der Waals surface area (Å²) in [6, 6.07) is 10.6. The molecule has 84 valence electrons. The quantitative estimate of drug-likeness (QED) is 0.776. The van der Waals surface area contributed by atoms with Crippen molar-refractivity contribution in [3.05, 3.63) is 30.3 Å². The van der Waals surface area contributed by atoms with Gasteiger partial charge in [-0.2, -0.15) is 0 Å². The van der Waals surface area contributed by atoms with Gasteiger partial charge >= 0.3 is 0 Å². The summed E-state index contributed by atoms with van der Waals surface area (Å²) in [6.07, 6.45) is 1.07. The first-order valence-electron chi connectivity index (χ1n) is 5.58. The lowest BCUT2D eigenvalue weighted by Crippen LogP contribution is -2.47. The Labute approximate surface area is 94.2 Å². The van der Waals surface area contributed by atoms with Gasteiger partial charge in [-0.15, -0.1) is 0 Å². The van der Waals surface area contributed by atoms with Crippen molar-refractivity contribution in [2.75, 3.05) is 17.7 Å². The van der Waals surface area contributed by atoms with E-state index in [-0.39, 0.29) is 0 Å². The zero-order valence-electron chi connectivity index (χ0n) is 10.0. The summed E-state index contributed by atoms with van der Waals surface area (Å²) in [5.41, 5.74) is 6.93. The summed E-state index contributed by atoms with van der Waals surface area (Å²) in [5.74, 6) is 0. The third-order valence-corrected chi connectivity index (χ3v) is 4.56. The largest absolute Gasteiger partial charge is 0.398 e. The zero-order valence-corrected chi connectivity index (χ0v) is 11.0. The molecule has 0 heterocycles. The molecule has 0 bridgehead atoms. The summed E-state index contributed by atoms with van der Waals surface area (Å²) in [7, 11) is -1.29. The van der Waals surface area contributed by atoms with Crippen LogP contribution in [0.5, 0.6) is 0 Å². The van der Waals surface area contributed by atoms with Crippen LogP contribution in [0.25, 0.3) is 0 Å². The standard InChI is InChI=1S/C12H22N2Si/c1-15(2,3)14(11-7-10-13)12-8-5-4-6-9-12/h4-6,8-9H,7,10-11,13H2,1-3H3. The van der Waals surface area contributed by atoms with Crippen molar-refractivity contribution in [3.8, 4) is 0 Å². The van der Waals surface area contributed by atoms with Gasteiger partial charge in [0.15, 0.2) is 0 Å². The molecule has 0 aliphatic heterocycles. The average Bonchev–Trinajstić information content (AvgIpc) is 2.18. The molecular weight excluding hydrogens is 200 g/mol. The van der Waals surface area contributed by atoms with E-state index in [4.69, 9.17) is 5.73 Å². The fraction of sp³-hybridized carbons (Fsp3) is 0.500. The zero-order chi connectivity index (χ0) is 11.3. The second kappa shape index (κ2) is 5.33. The maximum absolute atomic E-state index is 5.59. The van der Waals surface area contributed by atoms with E-state index in [0.717, 1.165) is 19.5 Å². The molecule has 0 spiro atoms. The fourth-order valence-electron chi connectivity index (χ4n) is 1.71. The van der Waals surface area contributed by atoms with Crippen LogP contribution in [-0.2, 0) is 0 Å². The van der Waals surface area contributed by atoms with Crippen LogP contribution in [0.15, 0.2) is 30.3 Å². The molecule has 0 aromatic heterocycles. The van der Waals surface area contributed by atoms with Gasteiger partial charge in [0.1, 0.15) is 8.24 Å². The lowest BCUT2D eigenvalue weighted by molar-refractivity contribution is 0.829. The van der Waals surface area contributed by atoms with Crippen molar-refractivity contribution in [2.45, 2.75) is 26.1 Å². The maximum atomic E-state index is 5.59. The van der Waals surface area contributed by atoms with Crippen LogP contribution >= 0.6 is 0 Å². The number of nitrogens with two attached hydrogens (primary N) is 1. The second-order valence-corrected chi connectivity index (χ2v) is 9.68. The van der Waals surface area contributed by atoms with E-state index < -0.39 is 8.24 Å². The first-order valence-corrected chi connectivity index (χ1v) is 9.03. The number of para-hydroxylation sites is 1. The van der Waals surface area contributed by atoms with Gasteiger partial charge in [0, 0.05) is 12.2 Å². The minimum Gasteiger partial charge on any atom is -0.398 e. The number of rotatable bonds is 5. The molecule has 1 aromatic rings. The van der Waals surface area contributed by atoms with Crippen molar-refractivity contribution < 1.29 is 0 Å². The molecule has 0 radical (unpaired) electrons. The van der Waals surface area contributed by atoms with Crippen molar-refractivity contribution in [1.82, 2.24) is 0 Å². The number of benzene rings is 1. The Kier molecular flexibility index (Phi) is 4.36. The molecule has 1 rings (SSSR count). The van der Waals surface area contributed by atoms with Gasteiger partial charge in [-0.25, -0.2) is 0 Å². The monoisotopic (exact) mass is 222 g/mol. The van der Waals surface area contributed by atoms with Crippen LogP contribution in [0.4, 0.5) is 5.69 Å². The van der Waals surface area contributed by atoms with Gasteiger partial charge in [-0.1, -0.05) is 37.8 Å². The normalized spacial score (nSPS) is 11.5. The molecule has 0 saturated carbocycles. The Morgan fingerprint density at radius 2 is 1.73 bits per heavy atom. The molecular formula is C12H22N2Si. The lowest BCUT2D eigenvalue weighted by atomic mass is 10.3. The molecule has 0 aliphatic carbocycles. The smallest absolute Gasteiger partial charge is 0.147 e. The van der Waals surface area contributed by atoms with Crippen LogP contribution in [0.3, 0.4) is 0 Å². The number of nitrogens with zero attached hydrogens (tertiary/aromatic N) is 1. The van der Waals surface area contributed by atoms with Gasteiger partial charge in [0.25, 0.3) is 0 Å². The van der Waals surface area contributed by atoms with Crippen molar-refractivity contribution in [1.29, 1.82) is 0 Å². The highest BCUT2D eigenvalue weighted by atomic mass is 28.3. The number of hydrogen-bond acceptors (Lipinski definition) is 2. The Bertz CT molecular complexity index is 279. The molecule has 0 unspecified atom stereocenters. The van der Waals surface area contributed by atoms with Crippen LogP contribution in [0, 0.1) is 0 Å². The Morgan fingerprint density at radius 1 is 1.13 bits per heavy atom. The highest BCUT2D eigenvalue weighted by Gasteiger charge is 2.23. The Balaban J connectivity index is 2.82. The molecule has 1 aromatic carbocycles. The average molecular weight is 222 g/mol. The van der Waals surface area contributed by atoms with Gasteiger partial charge in [-0.05, 0) is 25.1 Å². The maximum Gasteiger partial charge on any atom is 0.147 e. The van der Waals surface area contributed by atoms with Gasteiger partial charge in [0.05, 0.1) is 0 Å². The predicted octanol–water partition coefficient (Wildman–Crippen LogP) is 2.68. The highest BCUT2D eigenvalue weighted by Crippen LogP contribution is 2.21. The van der Waals surface area contributed by atoms with Crippen molar-refractivity contribution >= 4 is 13.9 Å². The van der Waals surface area contributed by atoms with Gasteiger partial charge < -0.3 is 10.3 Å². The predicted molar refractivity (Wildman–Crippen MR) is 70.8 cm³/mol. The fourth-order valence-corrected chi connectivity index (χ4v) is 3.46. The van der Waals surface area contributed by atoms with Crippen molar-refractivity contribution in [2.24, 2.45) is 5.73 Å². The molecule has 3 heteroatoms. The van der Waals surface area contributed by atoms with E-state index in [1.807, 2.05) is 0 Å². The molecule has 0 saturated heterocycles. The summed E-state index contributed by atoms with van der Waals surface area (Å²) < 4.78 is 2.54. The first-order chi connectivity index (χ1) is 7.05. The van der Waals surface area contributed by atoms with Crippen molar-refractivity contribution in [3.63, 3.8) is 0 Å². The Hall–Kier alpha value is -0.803. The van der Waals surface area contributed by atoms with Crippen LogP contribution in [0.1, 0.15) is 6.42 Å². The van der Waals surface area contributed by atoms with E-state index in [1.54, 1.807) is 0 Å². The van der Waals surface area contributed by atoms with E-state index in [9.17, 15) is 0 Å². The van der Waals surface area contributed by atoms with Crippen LogP contribution in [0.2, 0.25) is 19.6 Å². The molecule has 0 fully saturated rings. The minimum atomic E-state index is -1.29. The van der Waals surface area contributed by atoms with E-state index in [0.29, 0.717) is 0 Å². The molecule has 2 nitrogen and oxygen atoms in total. The molecule has 2 N–H and O–H groups in total. The third-order valence-electron chi connectivity index (χ3n) is 2.46. The minimum absolute atomic E-state index is 0.772. The highest BCUT2D eigenvalue weighted by molar-refractivity contribution is 6.79. The molecule has 15 heavy (non-hydrogen) atoms. The summed E-state index contributed by atoms with van der Waals surface area (Å²) in [6.45, 7) is 8.97. The lowest BCUT2D eigenvalue weighted by Gasteiger charge is -2.36. The van der Waals surface area contributed by atoms with E-state index >= 15 is 0 Å². The van der Waals surface area contributed by atoms with Gasteiger partial charge in [-0.3, -0.25) is 0 Å². The van der Waals surface area contributed by atoms with E-state index in [1.165, 1.54) is 5.69 Å². The molecule has 0 aliphatic rings. The summed E-state index contributed by atoms with van der Waals surface area (Å²) >= 11 is 0. The first kappa shape index (κ1) is 12.3. The van der Waals surface area contributed by atoms with Gasteiger partial charge in [0.2, 0.25) is 0 Å². The topological polar surface area (TPSA) is 29.3 Å². The summed E-state index contributed by atoms with van der Waals surface area (Å²) in [4.78, 5) is 0. The molecule has 0 amide bonds. The summed E-state index contributed by atoms with van der Waals surface area (Å²) in [5, 5.41) is 0. The number of hydrogen-bond donors (Lipinski definition) is 1. The Morgan fingerprint density at radius 3 is 2.20 bits per heavy atom. The van der Waals surface area contributed by atoms with Crippen LogP contribution < -0.4 is 10.3 Å². The third kappa shape index (κ3) is 3.68. The second-order valence-electron chi connectivity index (χ2n) is 4.80. The SMILES string of the molecule is C[Si](C)(C)N(CCCN)c1ccccc1. The van der Waals surface area contributed by atoms with E-state index in [2.05, 4.69) is 54.5 Å².